The summed E-state index contributed by atoms with van der Waals surface area (Å²) in [6.45, 7) is 3.38. The van der Waals surface area contributed by atoms with Gasteiger partial charge in [-0.25, -0.2) is 0 Å². The Morgan fingerprint density at radius 1 is 0.710 bits per heavy atom. The van der Waals surface area contributed by atoms with Crippen molar-refractivity contribution in [2.45, 2.75) is 122 Å². The van der Waals surface area contributed by atoms with E-state index in [0.717, 1.165) is 23.9 Å². The summed E-state index contributed by atoms with van der Waals surface area (Å²) in [6, 6.07) is 0. The Balaban J connectivity index is 0. The summed E-state index contributed by atoms with van der Waals surface area (Å²) in [4.78, 5) is 10.3. The number of allylic oxidation sites excluding steroid dienone is 2. The molecular formula is C27H55NO3. The number of carbonyl (C=O) groups is 1. The molecule has 31 heavy (non-hydrogen) atoms. The molecule has 0 aliphatic heterocycles. The van der Waals surface area contributed by atoms with Crippen LogP contribution in [0.5, 0.6) is 0 Å². The van der Waals surface area contributed by atoms with E-state index in [1.54, 1.807) is 0 Å². The van der Waals surface area contributed by atoms with Crippen molar-refractivity contribution in [3.05, 3.63) is 12.2 Å². The normalized spacial score (nSPS) is 11.5. The van der Waals surface area contributed by atoms with Crippen LogP contribution in [0.15, 0.2) is 12.2 Å². The van der Waals surface area contributed by atoms with Crippen LogP contribution in [-0.2, 0) is 4.79 Å². The summed E-state index contributed by atoms with van der Waals surface area (Å²) in [5, 5.41) is 18.7. The zero-order chi connectivity index (χ0) is 23.6. The Bertz CT molecular complexity index is 388. The first-order chi connectivity index (χ1) is 14.8. The summed E-state index contributed by atoms with van der Waals surface area (Å²) in [7, 11) is 6.16. The molecule has 0 atom stereocenters. The van der Waals surface area contributed by atoms with Crippen molar-refractivity contribution in [3.63, 3.8) is 0 Å². The number of quaternary nitrogens is 1. The van der Waals surface area contributed by atoms with Crippen LogP contribution >= 0.6 is 0 Å². The van der Waals surface area contributed by atoms with Crippen LogP contribution < -0.4 is 5.11 Å². The van der Waals surface area contributed by atoms with E-state index in [2.05, 4.69) is 40.2 Å². The number of carbonyl (C=O) groups excluding carboxylic acids is 1. The van der Waals surface area contributed by atoms with Gasteiger partial charge in [0.2, 0.25) is 0 Å². The lowest BCUT2D eigenvalue weighted by molar-refractivity contribution is -0.870. The van der Waals surface area contributed by atoms with Crippen LogP contribution in [0.2, 0.25) is 0 Å². The third-order valence-corrected chi connectivity index (χ3v) is 5.41. The molecule has 0 saturated carbocycles. The summed E-state index contributed by atoms with van der Waals surface area (Å²) in [5.74, 6) is -0.906. The van der Waals surface area contributed by atoms with E-state index in [1.807, 2.05) is 0 Å². The number of aliphatic carboxylic acids is 1. The molecule has 0 bridgehead atoms. The minimum atomic E-state index is -0.906. The number of nitrogens with zero attached hydrogens (tertiary/aromatic N) is 1. The fourth-order valence-corrected chi connectivity index (χ4v) is 3.35. The minimum absolute atomic E-state index is 0.229. The first-order valence-corrected chi connectivity index (χ1v) is 13.1. The molecule has 0 unspecified atom stereocenters. The maximum Gasteiger partial charge on any atom is 0.101 e. The quantitative estimate of drug-likeness (QED) is 0.135. The average Bonchev–Trinajstić information content (AvgIpc) is 2.69. The van der Waals surface area contributed by atoms with Crippen molar-refractivity contribution in [1.29, 1.82) is 0 Å². The highest BCUT2D eigenvalue weighted by molar-refractivity contribution is 5.63. The predicted octanol–water partition coefficient (Wildman–Crippen LogP) is 6.02. The van der Waals surface area contributed by atoms with Crippen LogP contribution in [0.1, 0.15) is 122 Å². The SMILES string of the molecule is CCCCCCCC/C=C\CCCCCCCCCCCC(=O)[O-].C[N+](C)(C)CCO. The lowest BCUT2D eigenvalue weighted by Crippen LogP contribution is -2.36. The third-order valence-electron chi connectivity index (χ3n) is 5.41. The van der Waals surface area contributed by atoms with E-state index < -0.39 is 5.97 Å². The number of unbranched alkanes of at least 4 members (excludes halogenated alkanes) is 15. The van der Waals surface area contributed by atoms with E-state index in [0.29, 0.717) is 0 Å². The van der Waals surface area contributed by atoms with Crippen molar-refractivity contribution in [2.24, 2.45) is 0 Å². The molecule has 0 heterocycles. The van der Waals surface area contributed by atoms with Crippen LogP contribution in [0.4, 0.5) is 0 Å². The van der Waals surface area contributed by atoms with Gasteiger partial charge in [0.25, 0.3) is 0 Å². The van der Waals surface area contributed by atoms with E-state index in [4.69, 9.17) is 5.11 Å². The Labute approximate surface area is 194 Å². The smallest absolute Gasteiger partial charge is 0.101 e. The summed E-state index contributed by atoms with van der Waals surface area (Å²) < 4.78 is 0.844. The highest BCUT2D eigenvalue weighted by Crippen LogP contribution is 2.12. The lowest BCUT2D eigenvalue weighted by atomic mass is 10.1. The van der Waals surface area contributed by atoms with Gasteiger partial charge in [-0.1, -0.05) is 96.1 Å². The molecule has 1 N–H and O–H groups in total. The molecule has 0 aromatic carbocycles. The highest BCUT2D eigenvalue weighted by atomic mass is 16.4. The number of carboxylic acid groups (broad SMARTS) is 1. The first kappa shape index (κ1) is 32.3. The molecule has 0 radical (unpaired) electrons. The van der Waals surface area contributed by atoms with E-state index in [9.17, 15) is 9.90 Å². The first-order valence-electron chi connectivity index (χ1n) is 13.1. The maximum absolute atomic E-state index is 10.3. The number of carboxylic acids is 1. The van der Waals surface area contributed by atoms with Gasteiger partial charge in [-0.05, 0) is 38.5 Å². The predicted molar refractivity (Wildman–Crippen MR) is 133 cm³/mol. The van der Waals surface area contributed by atoms with Gasteiger partial charge in [0.05, 0.1) is 27.7 Å². The van der Waals surface area contributed by atoms with Gasteiger partial charge in [0, 0.05) is 5.97 Å². The summed E-state index contributed by atoms with van der Waals surface area (Å²) in [6.07, 6.45) is 26.8. The Morgan fingerprint density at radius 2 is 1.10 bits per heavy atom. The number of hydrogen-bond donors (Lipinski definition) is 1. The van der Waals surface area contributed by atoms with Crippen molar-refractivity contribution < 1.29 is 19.5 Å². The maximum atomic E-state index is 10.3. The topological polar surface area (TPSA) is 60.4 Å². The number of hydrogen-bond acceptors (Lipinski definition) is 3. The monoisotopic (exact) mass is 441 g/mol. The number of aliphatic hydroxyl groups excluding tert-OH is 1. The fourth-order valence-electron chi connectivity index (χ4n) is 3.35. The minimum Gasteiger partial charge on any atom is -0.550 e. The second-order valence-corrected chi connectivity index (χ2v) is 9.86. The van der Waals surface area contributed by atoms with E-state index in [-0.39, 0.29) is 13.0 Å². The van der Waals surface area contributed by atoms with Crippen molar-refractivity contribution in [3.8, 4) is 0 Å². The van der Waals surface area contributed by atoms with Gasteiger partial charge in [-0.3, -0.25) is 0 Å². The van der Waals surface area contributed by atoms with Crippen LogP contribution in [0, 0.1) is 0 Å². The zero-order valence-corrected chi connectivity index (χ0v) is 21.5. The van der Waals surface area contributed by atoms with Crippen molar-refractivity contribution in [1.82, 2.24) is 0 Å². The standard InChI is InChI=1S/C22H42O2.C5H14NO/c1-2-3-4-5-6-7-8-9-10-11-12-13-14-15-16-17-18-19-20-21-22(23)24;1-6(2,3)4-5-7/h9-10H,2-8,11-21H2,1H3,(H,23,24);7H,4-5H2,1-3H3/q;+1/p-1/b10-9-;. The molecular weight excluding hydrogens is 386 g/mol. The van der Waals surface area contributed by atoms with Gasteiger partial charge in [0.15, 0.2) is 0 Å². The Morgan fingerprint density at radius 3 is 1.42 bits per heavy atom. The summed E-state index contributed by atoms with van der Waals surface area (Å²) >= 11 is 0. The van der Waals surface area contributed by atoms with Crippen LogP contribution in [0.25, 0.3) is 0 Å². The summed E-state index contributed by atoms with van der Waals surface area (Å²) in [5.41, 5.74) is 0. The molecule has 0 aliphatic rings. The van der Waals surface area contributed by atoms with Gasteiger partial charge in [-0.15, -0.1) is 0 Å². The lowest BCUT2D eigenvalue weighted by Gasteiger charge is -2.21. The fraction of sp³-hybridized carbons (Fsp3) is 0.889. The molecule has 0 aromatic rings. The number of aliphatic hydroxyl groups is 1. The van der Waals surface area contributed by atoms with Crippen molar-refractivity contribution >= 4 is 5.97 Å². The molecule has 186 valence electrons. The number of likely N-dealkylation sites (N-methyl/N-ethyl adjacent to an activating group) is 1. The van der Waals surface area contributed by atoms with Gasteiger partial charge in [0.1, 0.15) is 6.54 Å². The molecule has 0 rings (SSSR count). The molecule has 0 aromatic heterocycles. The molecule has 0 amide bonds. The second kappa shape index (κ2) is 25.4. The molecule has 0 spiro atoms. The van der Waals surface area contributed by atoms with Crippen LogP contribution in [0.3, 0.4) is 0 Å². The Hall–Kier alpha value is -0.870. The molecule has 0 aliphatic carbocycles. The van der Waals surface area contributed by atoms with Crippen LogP contribution in [-0.4, -0.2) is 49.9 Å². The van der Waals surface area contributed by atoms with Crippen molar-refractivity contribution in [2.75, 3.05) is 34.3 Å². The second-order valence-electron chi connectivity index (χ2n) is 9.86. The third kappa shape index (κ3) is 36.8. The number of rotatable bonds is 21. The van der Waals surface area contributed by atoms with Gasteiger partial charge < -0.3 is 19.5 Å². The van der Waals surface area contributed by atoms with Gasteiger partial charge >= 0.3 is 0 Å². The van der Waals surface area contributed by atoms with Gasteiger partial charge in [-0.2, -0.15) is 0 Å². The zero-order valence-electron chi connectivity index (χ0n) is 21.5. The Kier molecular flexibility index (Phi) is 26.5. The molecule has 0 fully saturated rings. The van der Waals surface area contributed by atoms with E-state index in [1.165, 1.54) is 96.3 Å². The molecule has 0 saturated heterocycles. The molecule has 4 heteroatoms. The largest absolute Gasteiger partial charge is 0.550 e. The average molecular weight is 442 g/mol. The highest BCUT2D eigenvalue weighted by Gasteiger charge is 2.02. The van der Waals surface area contributed by atoms with E-state index >= 15 is 0 Å². The molecule has 4 nitrogen and oxygen atoms in total.